The first-order chi connectivity index (χ1) is 11.2. The molecule has 2 N–H and O–H groups in total. The van der Waals surface area contributed by atoms with Gasteiger partial charge < -0.3 is 20.1 Å². The molecule has 1 aromatic heterocycles. The number of rotatable bonds is 8. The Bertz CT molecular complexity index is 632. The third-order valence-corrected chi connectivity index (χ3v) is 3.19. The number of aromatic nitrogens is 1. The van der Waals surface area contributed by atoms with Crippen molar-refractivity contribution in [3.05, 3.63) is 48.3 Å². The normalized spacial score (nSPS) is 10.2. The largest absolute Gasteiger partial charge is 0.493 e. The number of carbonyl (C=O) groups excluding carboxylic acids is 1. The van der Waals surface area contributed by atoms with Crippen LogP contribution in [0.3, 0.4) is 0 Å². The molecule has 0 radical (unpaired) electrons. The van der Waals surface area contributed by atoms with Crippen LogP contribution >= 0.6 is 0 Å². The molecule has 0 aliphatic carbocycles. The smallest absolute Gasteiger partial charge is 0.225 e. The third kappa shape index (κ3) is 5.27. The number of anilines is 1. The number of methoxy groups -OCH3 is 1. The number of pyridine rings is 1. The summed E-state index contributed by atoms with van der Waals surface area (Å²) >= 11 is 0. The number of ether oxygens (including phenoxy) is 2. The SMILES string of the molecule is CNCCC(=O)Nc1ccc(OC)c(OCc2ccncc2)c1. The predicted octanol–water partition coefficient (Wildman–Crippen LogP) is 2.22. The van der Waals surface area contributed by atoms with E-state index in [1.165, 1.54) is 0 Å². The molecule has 0 aliphatic heterocycles. The minimum Gasteiger partial charge on any atom is -0.493 e. The van der Waals surface area contributed by atoms with Crippen molar-refractivity contribution in [2.75, 3.05) is 26.0 Å². The fourth-order valence-corrected chi connectivity index (χ4v) is 1.97. The molecular formula is C17H21N3O3. The van der Waals surface area contributed by atoms with Crippen LogP contribution in [-0.4, -0.2) is 31.6 Å². The maximum atomic E-state index is 11.8. The molecule has 2 rings (SSSR count). The molecule has 0 aliphatic rings. The average molecular weight is 315 g/mol. The van der Waals surface area contributed by atoms with Crippen LogP contribution in [0, 0.1) is 0 Å². The number of nitrogens with zero attached hydrogens (tertiary/aromatic N) is 1. The number of nitrogens with one attached hydrogen (secondary N) is 2. The number of hydrogen-bond acceptors (Lipinski definition) is 5. The van der Waals surface area contributed by atoms with Crippen LogP contribution in [-0.2, 0) is 11.4 Å². The summed E-state index contributed by atoms with van der Waals surface area (Å²) < 4.78 is 11.1. The van der Waals surface area contributed by atoms with E-state index in [9.17, 15) is 4.79 Å². The Kier molecular flexibility index (Phi) is 6.38. The van der Waals surface area contributed by atoms with Gasteiger partial charge in [-0.2, -0.15) is 0 Å². The van der Waals surface area contributed by atoms with Crippen LogP contribution in [0.25, 0.3) is 0 Å². The molecule has 0 fully saturated rings. The lowest BCUT2D eigenvalue weighted by molar-refractivity contribution is -0.116. The van der Waals surface area contributed by atoms with Crippen molar-refractivity contribution in [2.24, 2.45) is 0 Å². The lowest BCUT2D eigenvalue weighted by atomic mass is 10.2. The van der Waals surface area contributed by atoms with Crippen LogP contribution in [0.4, 0.5) is 5.69 Å². The molecule has 0 spiro atoms. The lowest BCUT2D eigenvalue weighted by Crippen LogP contribution is -2.18. The Morgan fingerprint density at radius 2 is 1.96 bits per heavy atom. The highest BCUT2D eigenvalue weighted by Crippen LogP contribution is 2.30. The van der Waals surface area contributed by atoms with Gasteiger partial charge in [0.1, 0.15) is 6.61 Å². The number of amides is 1. The first-order valence-corrected chi connectivity index (χ1v) is 7.37. The summed E-state index contributed by atoms with van der Waals surface area (Å²) in [7, 11) is 3.39. The van der Waals surface area contributed by atoms with Gasteiger partial charge >= 0.3 is 0 Å². The molecule has 122 valence electrons. The first kappa shape index (κ1) is 16.8. The fourth-order valence-electron chi connectivity index (χ4n) is 1.97. The molecule has 0 atom stereocenters. The van der Waals surface area contributed by atoms with Crippen LogP contribution in [0.2, 0.25) is 0 Å². The maximum Gasteiger partial charge on any atom is 0.225 e. The molecule has 6 nitrogen and oxygen atoms in total. The van der Waals surface area contributed by atoms with Crippen molar-refractivity contribution in [3.8, 4) is 11.5 Å². The Morgan fingerprint density at radius 1 is 1.17 bits per heavy atom. The van der Waals surface area contributed by atoms with E-state index in [2.05, 4.69) is 15.6 Å². The van der Waals surface area contributed by atoms with Crippen molar-refractivity contribution < 1.29 is 14.3 Å². The van der Waals surface area contributed by atoms with Crippen LogP contribution in [0.1, 0.15) is 12.0 Å². The highest BCUT2D eigenvalue weighted by atomic mass is 16.5. The van der Waals surface area contributed by atoms with Gasteiger partial charge in [0.25, 0.3) is 0 Å². The summed E-state index contributed by atoms with van der Waals surface area (Å²) in [4.78, 5) is 15.8. The van der Waals surface area contributed by atoms with Crippen molar-refractivity contribution in [1.29, 1.82) is 0 Å². The van der Waals surface area contributed by atoms with Crippen molar-refractivity contribution in [3.63, 3.8) is 0 Å². The summed E-state index contributed by atoms with van der Waals surface area (Å²) in [5.41, 5.74) is 1.68. The summed E-state index contributed by atoms with van der Waals surface area (Å²) in [5, 5.41) is 5.78. The summed E-state index contributed by atoms with van der Waals surface area (Å²) in [6.45, 7) is 1.03. The van der Waals surface area contributed by atoms with Crippen LogP contribution in [0.15, 0.2) is 42.7 Å². The summed E-state index contributed by atoms with van der Waals surface area (Å²) in [6, 6.07) is 9.09. The molecule has 0 unspecified atom stereocenters. The topological polar surface area (TPSA) is 72.5 Å². The average Bonchev–Trinajstić information content (AvgIpc) is 2.59. The van der Waals surface area contributed by atoms with Gasteiger partial charge in [-0.25, -0.2) is 0 Å². The van der Waals surface area contributed by atoms with Gasteiger partial charge in [0.15, 0.2) is 11.5 Å². The molecule has 1 heterocycles. The molecule has 0 saturated heterocycles. The zero-order valence-electron chi connectivity index (χ0n) is 13.3. The van der Waals surface area contributed by atoms with E-state index in [0.717, 1.165) is 5.56 Å². The van der Waals surface area contributed by atoms with E-state index in [0.29, 0.717) is 36.8 Å². The molecule has 1 aromatic carbocycles. The second-order valence-electron chi connectivity index (χ2n) is 4.91. The van der Waals surface area contributed by atoms with E-state index in [4.69, 9.17) is 9.47 Å². The minimum atomic E-state index is -0.0513. The molecular weight excluding hydrogens is 294 g/mol. The third-order valence-electron chi connectivity index (χ3n) is 3.19. The fraction of sp³-hybridized carbons (Fsp3) is 0.294. The monoisotopic (exact) mass is 315 g/mol. The molecule has 23 heavy (non-hydrogen) atoms. The van der Waals surface area contributed by atoms with Crippen molar-refractivity contribution >= 4 is 11.6 Å². The first-order valence-electron chi connectivity index (χ1n) is 7.37. The van der Waals surface area contributed by atoms with E-state index in [1.54, 1.807) is 37.7 Å². The van der Waals surface area contributed by atoms with Gasteiger partial charge in [-0.3, -0.25) is 9.78 Å². The molecule has 6 heteroatoms. The Morgan fingerprint density at radius 3 is 2.65 bits per heavy atom. The van der Waals surface area contributed by atoms with Crippen LogP contribution in [0.5, 0.6) is 11.5 Å². The lowest BCUT2D eigenvalue weighted by Gasteiger charge is -2.13. The second-order valence-corrected chi connectivity index (χ2v) is 4.91. The van der Waals surface area contributed by atoms with E-state index in [1.807, 2.05) is 19.2 Å². The second kappa shape index (κ2) is 8.75. The van der Waals surface area contributed by atoms with Gasteiger partial charge in [0, 0.05) is 37.1 Å². The zero-order chi connectivity index (χ0) is 16.5. The Balaban J connectivity index is 2.04. The molecule has 1 amide bonds. The predicted molar refractivity (Wildman–Crippen MR) is 88.7 cm³/mol. The van der Waals surface area contributed by atoms with E-state index < -0.39 is 0 Å². The summed E-state index contributed by atoms with van der Waals surface area (Å²) in [6.07, 6.45) is 3.85. The van der Waals surface area contributed by atoms with Gasteiger partial charge in [0.2, 0.25) is 5.91 Å². The van der Waals surface area contributed by atoms with Gasteiger partial charge in [-0.1, -0.05) is 0 Å². The van der Waals surface area contributed by atoms with Crippen LogP contribution < -0.4 is 20.1 Å². The Hall–Kier alpha value is -2.60. The van der Waals surface area contributed by atoms with Gasteiger partial charge in [-0.05, 0) is 36.9 Å². The molecule has 2 aromatic rings. The quantitative estimate of drug-likeness (QED) is 0.781. The van der Waals surface area contributed by atoms with Gasteiger partial charge in [0.05, 0.1) is 7.11 Å². The molecule has 0 bridgehead atoms. The number of hydrogen-bond donors (Lipinski definition) is 2. The maximum absolute atomic E-state index is 11.8. The van der Waals surface area contributed by atoms with Crippen molar-refractivity contribution in [1.82, 2.24) is 10.3 Å². The summed E-state index contributed by atoms with van der Waals surface area (Å²) in [5.74, 6) is 1.15. The highest BCUT2D eigenvalue weighted by Gasteiger charge is 2.08. The Labute approximate surface area is 135 Å². The van der Waals surface area contributed by atoms with E-state index in [-0.39, 0.29) is 5.91 Å². The van der Waals surface area contributed by atoms with Crippen molar-refractivity contribution in [2.45, 2.75) is 13.0 Å². The molecule has 0 saturated carbocycles. The number of benzene rings is 1. The van der Waals surface area contributed by atoms with Gasteiger partial charge in [-0.15, -0.1) is 0 Å². The minimum absolute atomic E-state index is 0.0513. The highest BCUT2D eigenvalue weighted by molar-refractivity contribution is 5.91. The zero-order valence-corrected chi connectivity index (χ0v) is 13.3. The number of carbonyl (C=O) groups is 1. The standard InChI is InChI=1S/C17H21N3O3/c1-18-8-7-17(21)20-14-3-4-15(22-2)16(11-14)23-12-13-5-9-19-10-6-13/h3-6,9-11,18H,7-8,12H2,1-2H3,(H,20,21). The van der Waals surface area contributed by atoms with E-state index >= 15 is 0 Å².